The maximum atomic E-state index is 13.8. The molecular weight excluding hydrogens is 532 g/mol. The van der Waals surface area contributed by atoms with E-state index in [4.69, 9.17) is 4.74 Å². The summed E-state index contributed by atoms with van der Waals surface area (Å²) in [5, 5.41) is 15.0. The molecule has 0 spiro atoms. The van der Waals surface area contributed by atoms with Crippen LogP contribution in [0, 0.1) is 0 Å². The third-order valence-corrected chi connectivity index (χ3v) is 7.96. The largest absolute Gasteiger partial charge is 0.478 e. The fraction of sp³-hybridized carbons (Fsp3) is 0.212. The Bertz CT molecular complexity index is 1600. The average Bonchev–Trinajstić information content (AvgIpc) is 3.56. The number of aromatic nitrogens is 1. The van der Waals surface area contributed by atoms with E-state index >= 15 is 0 Å². The van der Waals surface area contributed by atoms with Crippen LogP contribution in [-0.4, -0.2) is 58.2 Å². The van der Waals surface area contributed by atoms with Crippen LogP contribution in [0.1, 0.15) is 39.4 Å². The second-order valence-corrected chi connectivity index (χ2v) is 10.7. The first-order chi connectivity index (χ1) is 20.4. The van der Waals surface area contributed by atoms with E-state index in [1.54, 1.807) is 0 Å². The number of nitrogens with one attached hydrogen (secondary N) is 2. The molecular formula is C33H30N4O5. The number of amides is 2. The zero-order chi connectivity index (χ0) is 29.1. The molecule has 2 heterocycles. The van der Waals surface area contributed by atoms with Crippen molar-refractivity contribution in [2.75, 3.05) is 25.0 Å². The van der Waals surface area contributed by atoms with Gasteiger partial charge in [-0.3, -0.25) is 14.7 Å². The van der Waals surface area contributed by atoms with Crippen molar-refractivity contribution in [3.63, 3.8) is 0 Å². The number of nitrogens with zero attached hydrogens (tertiary/aromatic N) is 2. The van der Waals surface area contributed by atoms with Crippen molar-refractivity contribution in [2.45, 2.75) is 24.4 Å². The van der Waals surface area contributed by atoms with Crippen molar-refractivity contribution in [1.29, 1.82) is 0 Å². The molecule has 3 aromatic carbocycles. The van der Waals surface area contributed by atoms with Crippen molar-refractivity contribution < 1.29 is 24.2 Å². The number of rotatable bonds is 8. The fourth-order valence-electron chi connectivity index (χ4n) is 5.92. The summed E-state index contributed by atoms with van der Waals surface area (Å²) in [5.41, 5.74) is 4.42. The summed E-state index contributed by atoms with van der Waals surface area (Å²) in [6.45, 7) is 1.55. The number of pyridine rings is 1. The Kier molecular flexibility index (Phi) is 7.41. The molecule has 3 N–H and O–H groups in total. The van der Waals surface area contributed by atoms with Crippen LogP contribution in [0.5, 0.6) is 0 Å². The van der Waals surface area contributed by atoms with Crippen LogP contribution < -0.4 is 10.6 Å². The number of hydrogen-bond acceptors (Lipinski definition) is 6. The lowest BCUT2D eigenvalue weighted by molar-refractivity contribution is -0.121. The van der Waals surface area contributed by atoms with Gasteiger partial charge in [0.05, 0.1) is 17.4 Å². The molecule has 2 amide bonds. The summed E-state index contributed by atoms with van der Waals surface area (Å²) in [6.07, 6.45) is 2.25. The normalized spacial score (nSPS) is 17.7. The summed E-state index contributed by atoms with van der Waals surface area (Å²) in [7, 11) is 0. The highest BCUT2D eigenvalue weighted by atomic mass is 16.5. The Morgan fingerprint density at radius 2 is 1.60 bits per heavy atom. The van der Waals surface area contributed by atoms with Crippen LogP contribution >= 0.6 is 0 Å². The molecule has 6 rings (SSSR count). The second-order valence-electron chi connectivity index (χ2n) is 10.7. The predicted octanol–water partition coefficient (Wildman–Crippen LogP) is 4.90. The number of aromatic carboxylic acids is 1. The molecule has 42 heavy (non-hydrogen) atoms. The lowest BCUT2D eigenvalue weighted by Crippen LogP contribution is -2.58. The Morgan fingerprint density at radius 3 is 2.29 bits per heavy atom. The van der Waals surface area contributed by atoms with Crippen LogP contribution in [0.4, 0.5) is 10.5 Å². The van der Waals surface area contributed by atoms with Gasteiger partial charge in [0.2, 0.25) is 0 Å². The minimum Gasteiger partial charge on any atom is -0.478 e. The molecule has 0 radical (unpaired) electrons. The molecule has 9 nitrogen and oxygen atoms in total. The molecule has 212 valence electrons. The first-order valence-electron chi connectivity index (χ1n) is 13.8. The Morgan fingerprint density at radius 1 is 0.929 bits per heavy atom. The van der Waals surface area contributed by atoms with Crippen LogP contribution in [-0.2, 0) is 16.1 Å². The lowest BCUT2D eigenvalue weighted by atomic mass is 9.97. The van der Waals surface area contributed by atoms with Gasteiger partial charge >= 0.3 is 12.1 Å². The van der Waals surface area contributed by atoms with Gasteiger partial charge in [-0.05, 0) is 40.3 Å². The third-order valence-electron chi connectivity index (χ3n) is 7.96. The number of carbonyl (C=O) groups is 3. The first kappa shape index (κ1) is 27.2. The van der Waals surface area contributed by atoms with Crippen molar-refractivity contribution in [1.82, 2.24) is 15.2 Å². The van der Waals surface area contributed by atoms with Crippen molar-refractivity contribution in [3.05, 3.63) is 120 Å². The van der Waals surface area contributed by atoms with E-state index in [9.17, 15) is 19.5 Å². The molecule has 1 atom stereocenters. The van der Waals surface area contributed by atoms with E-state index in [2.05, 4.69) is 32.7 Å². The van der Waals surface area contributed by atoms with Gasteiger partial charge in [0.25, 0.3) is 5.91 Å². The van der Waals surface area contributed by atoms with Gasteiger partial charge in [-0.15, -0.1) is 0 Å². The van der Waals surface area contributed by atoms with Crippen molar-refractivity contribution in [3.8, 4) is 11.1 Å². The van der Waals surface area contributed by atoms with Crippen LogP contribution in [0.3, 0.4) is 0 Å². The molecule has 1 aliphatic heterocycles. The summed E-state index contributed by atoms with van der Waals surface area (Å²) in [5.74, 6) is -1.73. The number of likely N-dealkylation sites (tertiary alicyclic amines) is 1. The van der Waals surface area contributed by atoms with E-state index < -0.39 is 23.5 Å². The van der Waals surface area contributed by atoms with Gasteiger partial charge in [-0.25, -0.2) is 9.59 Å². The lowest BCUT2D eigenvalue weighted by Gasteiger charge is -2.29. The number of carboxylic acids is 1. The molecule has 0 bridgehead atoms. The fourth-order valence-corrected chi connectivity index (χ4v) is 5.92. The van der Waals surface area contributed by atoms with E-state index in [-0.39, 0.29) is 30.3 Å². The predicted molar refractivity (Wildman–Crippen MR) is 157 cm³/mol. The number of anilines is 1. The number of alkyl carbamates (subject to hydrolysis) is 1. The molecule has 1 aliphatic carbocycles. The summed E-state index contributed by atoms with van der Waals surface area (Å²) in [6, 6.07) is 27.4. The topological polar surface area (TPSA) is 121 Å². The summed E-state index contributed by atoms with van der Waals surface area (Å²) in [4.78, 5) is 44.5. The molecule has 9 heteroatoms. The van der Waals surface area contributed by atoms with E-state index in [0.29, 0.717) is 19.5 Å². The summed E-state index contributed by atoms with van der Waals surface area (Å²) < 4.78 is 5.79. The number of ether oxygens (including phenoxy) is 1. The third kappa shape index (κ3) is 5.46. The SMILES string of the molecule is O=C(NC1(C(=O)Nc2cncc(C(=O)O)c2)CCN(Cc2ccccc2)C1)OCC1c2ccccc2-c2ccccc21. The number of hydrogen-bond donors (Lipinski definition) is 3. The second kappa shape index (κ2) is 11.5. The smallest absolute Gasteiger partial charge is 0.408 e. The van der Waals surface area contributed by atoms with E-state index in [1.807, 2.05) is 66.7 Å². The quantitative estimate of drug-likeness (QED) is 0.279. The van der Waals surface area contributed by atoms with Gasteiger partial charge in [0.15, 0.2) is 0 Å². The number of carboxylic acid groups (broad SMARTS) is 1. The highest BCUT2D eigenvalue weighted by Gasteiger charge is 2.46. The average molecular weight is 563 g/mol. The van der Waals surface area contributed by atoms with Gasteiger partial charge in [-0.1, -0.05) is 78.9 Å². The minimum absolute atomic E-state index is 0.0523. The monoisotopic (exact) mass is 562 g/mol. The van der Waals surface area contributed by atoms with Crippen LogP contribution in [0.15, 0.2) is 97.3 Å². The Balaban J connectivity index is 1.20. The zero-order valence-corrected chi connectivity index (χ0v) is 22.8. The van der Waals surface area contributed by atoms with Crippen LogP contribution in [0.2, 0.25) is 0 Å². The maximum Gasteiger partial charge on any atom is 0.408 e. The molecule has 1 unspecified atom stereocenters. The molecule has 1 saturated heterocycles. The maximum absolute atomic E-state index is 13.8. The van der Waals surface area contributed by atoms with E-state index in [0.717, 1.165) is 27.8 Å². The summed E-state index contributed by atoms with van der Waals surface area (Å²) >= 11 is 0. The number of fused-ring (bicyclic) bond motifs is 3. The number of benzene rings is 3. The van der Waals surface area contributed by atoms with Gasteiger partial charge < -0.3 is 20.5 Å². The van der Waals surface area contributed by atoms with Crippen LogP contribution in [0.25, 0.3) is 11.1 Å². The molecule has 1 aromatic heterocycles. The molecule has 2 aliphatic rings. The van der Waals surface area contributed by atoms with E-state index in [1.165, 1.54) is 18.5 Å². The molecule has 0 saturated carbocycles. The Hall–Kier alpha value is -5.02. The minimum atomic E-state index is -1.30. The molecule has 4 aromatic rings. The first-order valence-corrected chi connectivity index (χ1v) is 13.8. The highest BCUT2D eigenvalue weighted by Crippen LogP contribution is 2.44. The van der Waals surface area contributed by atoms with Crippen molar-refractivity contribution >= 4 is 23.7 Å². The molecule has 1 fully saturated rings. The number of carbonyl (C=O) groups excluding carboxylic acids is 2. The highest BCUT2D eigenvalue weighted by molar-refractivity contribution is 6.01. The Labute approximate surface area is 243 Å². The zero-order valence-electron chi connectivity index (χ0n) is 22.8. The van der Waals surface area contributed by atoms with Gasteiger partial charge in [0, 0.05) is 31.7 Å². The van der Waals surface area contributed by atoms with Gasteiger partial charge in [-0.2, -0.15) is 0 Å². The van der Waals surface area contributed by atoms with Crippen molar-refractivity contribution in [2.24, 2.45) is 0 Å². The van der Waals surface area contributed by atoms with Gasteiger partial charge in [0.1, 0.15) is 12.1 Å². The standard InChI is InChI=1S/C33H30N4O5/c38-30(39)23-16-24(18-34-17-23)35-31(40)33(14-15-37(21-33)19-22-8-2-1-3-9-22)36-32(41)42-20-29-27-12-6-4-10-25(27)26-11-5-7-13-28(26)29/h1-13,16-18,29H,14-15,19-21H2,(H,35,40)(H,36,41)(H,38,39).